The van der Waals surface area contributed by atoms with E-state index >= 15 is 0 Å². The number of benzene rings is 1. The predicted molar refractivity (Wildman–Crippen MR) is 51.8 cm³/mol. The Kier molecular flexibility index (Phi) is 1.93. The largest absolute Gasteiger partial charge is 0.426 e. The molecule has 5 heteroatoms. The molecule has 0 bridgehead atoms. The van der Waals surface area contributed by atoms with Crippen LogP contribution in [0.1, 0.15) is 11.7 Å². The van der Waals surface area contributed by atoms with Crippen molar-refractivity contribution >= 4 is 28.6 Å². The minimum absolute atomic E-state index is 0.356. The van der Waals surface area contributed by atoms with Gasteiger partial charge in [0.25, 0.3) is 0 Å². The fourth-order valence-corrected chi connectivity index (χ4v) is 1.45. The highest BCUT2D eigenvalue weighted by Crippen LogP contribution is 2.18. The fraction of sp³-hybridized carbons (Fsp3) is 0.111. The van der Waals surface area contributed by atoms with Crippen molar-refractivity contribution in [2.24, 2.45) is 0 Å². The van der Waals surface area contributed by atoms with E-state index in [1.54, 1.807) is 12.1 Å². The summed E-state index contributed by atoms with van der Waals surface area (Å²) in [6.45, 7) is 1.29. The summed E-state index contributed by atoms with van der Waals surface area (Å²) < 4.78 is 5.79. The minimum atomic E-state index is -0.685. The van der Waals surface area contributed by atoms with Crippen LogP contribution >= 0.6 is 11.6 Å². The van der Waals surface area contributed by atoms with Crippen LogP contribution in [-0.4, -0.2) is 10.5 Å². The number of rotatable bonds is 0. The topological polar surface area (TPSA) is 52.2 Å². The minimum Gasteiger partial charge on any atom is -0.407 e. The van der Waals surface area contributed by atoms with Crippen LogP contribution in [0.4, 0.5) is 0 Å². The number of aromatic nitrogens is 1. The Morgan fingerprint density at radius 1 is 1.50 bits per heavy atom. The van der Waals surface area contributed by atoms with Gasteiger partial charge >= 0.3 is 5.76 Å². The molecule has 0 saturated heterocycles. The fourth-order valence-electron chi connectivity index (χ4n) is 1.29. The Morgan fingerprint density at radius 2 is 2.21 bits per heavy atom. The van der Waals surface area contributed by atoms with E-state index in [1.165, 1.54) is 13.0 Å². The average molecular weight is 212 g/mol. The van der Waals surface area contributed by atoms with Gasteiger partial charge in [-0.2, -0.15) is 0 Å². The van der Waals surface area contributed by atoms with Crippen LogP contribution in [-0.2, 0) is 0 Å². The maximum Gasteiger partial charge on any atom is 0.426 e. The molecule has 4 nitrogen and oxygen atoms in total. The molecular weight excluding hydrogens is 206 g/mol. The van der Waals surface area contributed by atoms with Gasteiger partial charge in [-0.3, -0.25) is 4.79 Å². The normalized spacial score (nSPS) is 10.7. The maximum absolute atomic E-state index is 11.2. The highest BCUT2D eigenvalue weighted by atomic mass is 35.5. The van der Waals surface area contributed by atoms with Crippen LogP contribution in [0.15, 0.2) is 27.4 Å². The first kappa shape index (κ1) is 9.02. The van der Waals surface area contributed by atoms with Gasteiger partial charge in [-0.25, -0.2) is 9.36 Å². The number of carbonyl (C=O) groups excluding carboxylic acids is 1. The van der Waals surface area contributed by atoms with Gasteiger partial charge < -0.3 is 4.42 Å². The Hall–Kier alpha value is -1.55. The molecule has 0 amide bonds. The number of hydrogen-bond donors (Lipinski definition) is 0. The quantitative estimate of drug-likeness (QED) is 0.669. The number of carbonyl (C=O) groups is 1. The third-order valence-electron chi connectivity index (χ3n) is 1.86. The van der Waals surface area contributed by atoms with E-state index < -0.39 is 11.7 Å². The van der Waals surface area contributed by atoms with Crippen LogP contribution in [0.5, 0.6) is 0 Å². The van der Waals surface area contributed by atoms with E-state index in [1.807, 2.05) is 0 Å². The second-order valence-corrected chi connectivity index (χ2v) is 3.27. The highest BCUT2D eigenvalue weighted by molar-refractivity contribution is 6.31. The zero-order chi connectivity index (χ0) is 10.3. The first-order valence-corrected chi connectivity index (χ1v) is 4.29. The van der Waals surface area contributed by atoms with Crippen LogP contribution in [0, 0.1) is 0 Å². The molecule has 14 heavy (non-hydrogen) atoms. The molecule has 0 radical (unpaired) electrons. The summed E-state index contributed by atoms with van der Waals surface area (Å²) in [5.41, 5.74) is 0.754. The molecule has 0 spiro atoms. The molecule has 2 rings (SSSR count). The molecule has 0 N–H and O–H groups in total. The summed E-state index contributed by atoms with van der Waals surface area (Å²) in [5, 5.41) is 0.452. The number of fused-ring (bicyclic) bond motifs is 1. The van der Waals surface area contributed by atoms with Crippen molar-refractivity contribution in [3.8, 4) is 0 Å². The lowest BCUT2D eigenvalue weighted by Crippen LogP contribution is -2.19. The van der Waals surface area contributed by atoms with Gasteiger partial charge in [-0.1, -0.05) is 11.6 Å². The second-order valence-electron chi connectivity index (χ2n) is 2.83. The molecular formula is C9H6ClNO3. The lowest BCUT2D eigenvalue weighted by molar-refractivity contribution is 0.0933. The summed E-state index contributed by atoms with van der Waals surface area (Å²) in [7, 11) is 0. The van der Waals surface area contributed by atoms with Gasteiger partial charge in [0, 0.05) is 11.9 Å². The molecule has 0 aliphatic rings. The Balaban J connectivity index is 2.93. The van der Waals surface area contributed by atoms with E-state index in [2.05, 4.69) is 0 Å². The number of halogens is 1. The van der Waals surface area contributed by atoms with Crippen LogP contribution in [0.25, 0.3) is 11.1 Å². The lowest BCUT2D eigenvalue weighted by atomic mass is 10.3. The van der Waals surface area contributed by atoms with E-state index in [9.17, 15) is 9.59 Å². The van der Waals surface area contributed by atoms with Gasteiger partial charge in [0.15, 0.2) is 5.58 Å². The van der Waals surface area contributed by atoms with Crippen molar-refractivity contribution in [2.45, 2.75) is 6.92 Å². The Morgan fingerprint density at radius 3 is 2.86 bits per heavy atom. The van der Waals surface area contributed by atoms with E-state index in [4.69, 9.17) is 16.0 Å². The highest BCUT2D eigenvalue weighted by Gasteiger charge is 2.12. The third kappa shape index (κ3) is 1.24. The van der Waals surface area contributed by atoms with Crippen LogP contribution < -0.4 is 5.76 Å². The first-order valence-electron chi connectivity index (χ1n) is 3.91. The van der Waals surface area contributed by atoms with Crippen molar-refractivity contribution in [1.82, 2.24) is 4.57 Å². The van der Waals surface area contributed by atoms with Crippen molar-refractivity contribution < 1.29 is 9.21 Å². The summed E-state index contributed by atoms with van der Waals surface area (Å²) in [4.78, 5) is 22.3. The first-order chi connectivity index (χ1) is 6.59. The Bertz CT molecular complexity index is 567. The molecule has 0 aliphatic heterocycles. The Labute approximate surface area is 83.7 Å². The van der Waals surface area contributed by atoms with Crippen LogP contribution in [0.3, 0.4) is 0 Å². The van der Waals surface area contributed by atoms with Crippen LogP contribution in [0.2, 0.25) is 5.02 Å². The average Bonchev–Trinajstić information content (AvgIpc) is 2.40. The molecule has 0 saturated carbocycles. The van der Waals surface area contributed by atoms with Gasteiger partial charge in [-0.15, -0.1) is 0 Å². The number of oxazole rings is 1. The summed E-state index contributed by atoms with van der Waals surface area (Å²) in [5.74, 6) is -1.08. The number of hydrogen-bond acceptors (Lipinski definition) is 3. The smallest absolute Gasteiger partial charge is 0.407 e. The molecule has 0 atom stereocenters. The molecule has 1 heterocycles. The molecule has 2 aromatic rings. The van der Waals surface area contributed by atoms with Gasteiger partial charge in [0.1, 0.15) is 0 Å². The summed E-state index contributed by atoms with van der Waals surface area (Å²) in [6, 6.07) is 4.67. The standard InChI is InChI=1S/C9H6ClNO3/c1-5(12)11-7-4-6(10)2-3-8(7)14-9(11)13/h2-4H,1H3. The monoisotopic (exact) mass is 211 g/mol. The van der Waals surface area contributed by atoms with E-state index in [0.29, 0.717) is 16.1 Å². The van der Waals surface area contributed by atoms with Crippen molar-refractivity contribution in [1.29, 1.82) is 0 Å². The molecule has 1 aromatic carbocycles. The van der Waals surface area contributed by atoms with E-state index in [-0.39, 0.29) is 0 Å². The third-order valence-corrected chi connectivity index (χ3v) is 2.09. The lowest BCUT2D eigenvalue weighted by Gasteiger charge is -1.94. The molecule has 1 aromatic heterocycles. The van der Waals surface area contributed by atoms with Crippen molar-refractivity contribution in [3.63, 3.8) is 0 Å². The summed E-state index contributed by atoms with van der Waals surface area (Å²) >= 11 is 5.74. The summed E-state index contributed by atoms with van der Waals surface area (Å²) in [6.07, 6.45) is 0. The van der Waals surface area contributed by atoms with Crippen molar-refractivity contribution in [3.05, 3.63) is 33.8 Å². The molecule has 0 aliphatic carbocycles. The predicted octanol–water partition coefficient (Wildman–Crippen LogP) is 1.91. The number of nitrogens with zero attached hydrogens (tertiary/aromatic N) is 1. The second kappa shape index (κ2) is 2.99. The molecule has 0 fully saturated rings. The van der Waals surface area contributed by atoms with Gasteiger partial charge in [-0.05, 0) is 18.2 Å². The van der Waals surface area contributed by atoms with Crippen molar-refractivity contribution in [2.75, 3.05) is 0 Å². The zero-order valence-corrected chi connectivity index (χ0v) is 8.04. The maximum atomic E-state index is 11.2. The van der Waals surface area contributed by atoms with Gasteiger partial charge in [0.2, 0.25) is 5.91 Å². The molecule has 0 unspecified atom stereocenters. The zero-order valence-electron chi connectivity index (χ0n) is 7.28. The SMILES string of the molecule is CC(=O)n1c(=O)oc2ccc(Cl)cc21. The molecule has 72 valence electrons. The van der Waals surface area contributed by atoms with E-state index in [0.717, 1.165) is 4.57 Å². The van der Waals surface area contributed by atoms with Gasteiger partial charge in [0.05, 0.1) is 5.52 Å².